The van der Waals surface area contributed by atoms with Gasteiger partial charge in [-0.25, -0.2) is 4.79 Å². The van der Waals surface area contributed by atoms with E-state index in [4.69, 9.17) is 10.5 Å². The Morgan fingerprint density at radius 2 is 1.08 bits per heavy atom. The van der Waals surface area contributed by atoms with Crippen LogP contribution in [0.2, 0.25) is 0 Å². The summed E-state index contributed by atoms with van der Waals surface area (Å²) in [5.41, 5.74) is 5.21. The molecule has 0 spiro atoms. The average molecular weight is 888 g/mol. The van der Waals surface area contributed by atoms with Crippen LogP contribution in [0.1, 0.15) is 0 Å². The quantitative estimate of drug-likeness (QED) is 0.0363. The number of phenolic OH excluding ortho intramolecular Hbond substituents is 2. The Labute approximate surface area is 344 Å². The van der Waals surface area contributed by atoms with Gasteiger partial charge in [-0.3, -0.25) is 13.7 Å². The van der Waals surface area contributed by atoms with Crippen LogP contribution in [-0.2, 0) is 30.4 Å². The predicted molar refractivity (Wildman–Crippen MR) is 223 cm³/mol. The molecule has 0 saturated heterocycles. The molecule has 23 heteroatoms. The summed E-state index contributed by atoms with van der Waals surface area (Å²) in [6.45, 7) is 0. The van der Waals surface area contributed by atoms with Crippen molar-refractivity contribution in [2.75, 3.05) is 23.5 Å². The van der Waals surface area contributed by atoms with Gasteiger partial charge in [0.2, 0.25) is 0 Å². The molecule has 9 N–H and O–H groups in total. The maximum absolute atomic E-state index is 13.1. The number of nitrogen functional groups attached to an aromatic ring is 1. The number of ether oxygens (including phenoxy) is 1. The number of phenols is 2. The number of benzene rings is 7. The molecule has 0 aliphatic heterocycles. The third-order valence-electron chi connectivity index (χ3n) is 9.06. The van der Waals surface area contributed by atoms with Crippen LogP contribution in [0.4, 0.5) is 44.6 Å². The number of methoxy groups -OCH3 is 1. The first kappa shape index (κ1) is 41.9. The van der Waals surface area contributed by atoms with Gasteiger partial charge >= 0.3 is 6.03 Å². The maximum Gasteiger partial charge on any atom is 0.323 e. The molecule has 0 aliphatic rings. The summed E-state index contributed by atoms with van der Waals surface area (Å²) in [7, 11) is -13.2. The summed E-state index contributed by atoms with van der Waals surface area (Å²) < 4.78 is 108. The molecule has 0 fully saturated rings. The van der Waals surface area contributed by atoms with Crippen molar-refractivity contribution in [1.29, 1.82) is 0 Å². The highest BCUT2D eigenvalue weighted by atomic mass is 32.2. The van der Waals surface area contributed by atoms with Gasteiger partial charge in [-0.1, -0.05) is 24.3 Å². The monoisotopic (exact) mass is 887 g/mol. The Morgan fingerprint density at radius 1 is 0.574 bits per heavy atom. The number of azo groups is 2. The van der Waals surface area contributed by atoms with Crippen molar-refractivity contribution in [3.05, 3.63) is 103 Å². The van der Waals surface area contributed by atoms with Gasteiger partial charge in [-0.15, -0.1) is 20.5 Å². The molecule has 0 aliphatic carbocycles. The zero-order valence-electron chi connectivity index (χ0n) is 30.9. The lowest BCUT2D eigenvalue weighted by Crippen LogP contribution is -2.19. The molecule has 0 unspecified atom stereocenters. The van der Waals surface area contributed by atoms with Gasteiger partial charge in [0.25, 0.3) is 30.4 Å². The first-order valence-electron chi connectivity index (χ1n) is 17.1. The molecule has 0 bridgehead atoms. The zero-order chi connectivity index (χ0) is 44.0. The van der Waals surface area contributed by atoms with E-state index in [2.05, 4.69) is 31.1 Å². The molecule has 2 amide bonds. The van der Waals surface area contributed by atoms with Crippen LogP contribution in [0, 0.1) is 0 Å². The SMILES string of the molecule is COc1ccccc1N=Nc1c(S(=O)(=O)O)cc2cc(NC(=O)Nc3ccc4c(O)c(N=Nc5c(N)ccc6cc(S(=O)(=O)O)ccc56)c(S(=O)(=O)O)cc4c3)ccc2c1O. The Kier molecular flexibility index (Phi) is 10.8. The minimum Gasteiger partial charge on any atom is -0.505 e. The molecule has 20 nitrogen and oxygen atoms in total. The molecule has 0 atom stereocenters. The molecule has 7 aromatic rings. The van der Waals surface area contributed by atoms with E-state index in [1.165, 1.54) is 67.8 Å². The highest BCUT2D eigenvalue weighted by Gasteiger charge is 2.24. The van der Waals surface area contributed by atoms with Crippen molar-refractivity contribution >= 4 is 109 Å². The number of nitrogens with two attached hydrogens (primary N) is 1. The molecule has 0 saturated carbocycles. The number of amides is 2. The third-order valence-corrected chi connectivity index (χ3v) is 11.6. The van der Waals surface area contributed by atoms with Gasteiger partial charge in [0.05, 0.1) is 17.7 Å². The lowest BCUT2D eigenvalue weighted by atomic mass is 10.1. The van der Waals surface area contributed by atoms with Crippen LogP contribution in [0.3, 0.4) is 0 Å². The Morgan fingerprint density at radius 3 is 1.61 bits per heavy atom. The van der Waals surface area contributed by atoms with Crippen molar-refractivity contribution in [3.8, 4) is 17.2 Å². The van der Waals surface area contributed by atoms with Crippen molar-refractivity contribution in [1.82, 2.24) is 0 Å². The summed E-state index contributed by atoms with van der Waals surface area (Å²) >= 11 is 0. The minimum absolute atomic E-state index is 0.0155. The molecule has 0 aromatic heterocycles. The molecule has 0 heterocycles. The normalized spacial score (nSPS) is 12.5. The van der Waals surface area contributed by atoms with Crippen molar-refractivity contribution < 1.29 is 58.7 Å². The first-order chi connectivity index (χ1) is 28.7. The van der Waals surface area contributed by atoms with Crippen LogP contribution >= 0.6 is 0 Å². The Hall–Kier alpha value is -7.28. The fourth-order valence-electron chi connectivity index (χ4n) is 6.24. The number of rotatable bonds is 10. The van der Waals surface area contributed by atoms with Gasteiger partial charge in [0.15, 0.2) is 11.5 Å². The number of para-hydroxylation sites is 1. The van der Waals surface area contributed by atoms with Crippen LogP contribution in [0.25, 0.3) is 32.3 Å². The molecule has 7 aromatic carbocycles. The van der Waals surface area contributed by atoms with E-state index in [9.17, 15) is 53.9 Å². The molecule has 312 valence electrons. The number of fused-ring (bicyclic) bond motifs is 3. The average Bonchev–Trinajstić information content (AvgIpc) is 3.19. The molecule has 0 radical (unpaired) electrons. The summed E-state index contributed by atoms with van der Waals surface area (Å²) in [6.07, 6.45) is 0. The van der Waals surface area contributed by atoms with E-state index in [1.54, 1.807) is 18.2 Å². The fourth-order valence-corrected chi connectivity index (χ4v) is 8.07. The number of urea groups is 1. The minimum atomic E-state index is -5.08. The van der Waals surface area contributed by atoms with E-state index in [0.717, 1.165) is 24.3 Å². The fraction of sp³-hybridized carbons (Fsp3) is 0.0263. The number of carbonyl (C=O) groups is 1. The third kappa shape index (κ3) is 8.58. The van der Waals surface area contributed by atoms with Gasteiger partial charge in [0.1, 0.15) is 38.3 Å². The lowest BCUT2D eigenvalue weighted by molar-refractivity contribution is 0.262. The lowest BCUT2D eigenvalue weighted by Gasteiger charge is -2.13. The van der Waals surface area contributed by atoms with Gasteiger partial charge < -0.3 is 31.3 Å². The second kappa shape index (κ2) is 15.7. The van der Waals surface area contributed by atoms with E-state index >= 15 is 0 Å². The topological polar surface area (TPSA) is 329 Å². The van der Waals surface area contributed by atoms with Gasteiger partial charge in [-0.05, 0) is 95.0 Å². The summed E-state index contributed by atoms with van der Waals surface area (Å²) in [5.74, 6) is -1.06. The number of carbonyl (C=O) groups excluding carboxylic acids is 1. The smallest absolute Gasteiger partial charge is 0.323 e. The van der Waals surface area contributed by atoms with E-state index in [1.807, 2.05) is 0 Å². The molecular weight excluding hydrogens is 859 g/mol. The highest BCUT2D eigenvalue weighted by molar-refractivity contribution is 7.86. The van der Waals surface area contributed by atoms with Crippen LogP contribution in [0.15, 0.2) is 138 Å². The highest BCUT2D eigenvalue weighted by Crippen LogP contribution is 2.45. The van der Waals surface area contributed by atoms with Crippen LogP contribution in [0.5, 0.6) is 17.2 Å². The number of hydrogen-bond donors (Lipinski definition) is 8. The summed E-state index contributed by atoms with van der Waals surface area (Å²) in [5, 5.41) is 43.8. The second-order valence-electron chi connectivity index (χ2n) is 13.0. The number of hydrogen-bond acceptors (Lipinski definition) is 15. The number of aromatic hydroxyl groups is 2. The standard InChI is InChI=1S/C38H29N7O13S3/c1-58-30-5-3-2-4-29(30)42-44-34-31(60(52,53)54)17-20-14-22(7-10-26(20)36(34)46)40-38(48)41-23-8-11-27-21(15-23)18-32(61(55,56)57)35(37(27)47)45-43-33-25-12-9-24(59(49,50)51)16-19(25)6-13-28(33)39/h2-18,46-47H,39H2,1H3,(H2,40,41,48)(H,49,50,51)(H,52,53,54)(H,55,56,57). The van der Waals surface area contributed by atoms with Gasteiger partial charge in [-0.2, -0.15) is 25.3 Å². The van der Waals surface area contributed by atoms with E-state index in [0.29, 0.717) is 5.75 Å². The summed E-state index contributed by atoms with van der Waals surface area (Å²) in [4.78, 5) is 11.1. The van der Waals surface area contributed by atoms with Crippen molar-refractivity contribution in [2.24, 2.45) is 20.5 Å². The maximum atomic E-state index is 13.1. The Balaban J connectivity index is 1.17. The van der Waals surface area contributed by atoms with Crippen molar-refractivity contribution in [2.45, 2.75) is 14.7 Å². The predicted octanol–water partition coefficient (Wildman–Crippen LogP) is 8.36. The largest absolute Gasteiger partial charge is 0.505 e. The second-order valence-corrected chi connectivity index (χ2v) is 17.2. The van der Waals surface area contributed by atoms with Crippen molar-refractivity contribution in [3.63, 3.8) is 0 Å². The Bertz CT molecular complexity index is 3400. The van der Waals surface area contributed by atoms with Gasteiger partial charge in [0, 0.05) is 27.5 Å². The molecule has 61 heavy (non-hydrogen) atoms. The van der Waals surface area contributed by atoms with Crippen LogP contribution in [-0.4, -0.2) is 62.3 Å². The van der Waals surface area contributed by atoms with E-state index in [-0.39, 0.29) is 60.8 Å². The molecular formula is C38H29N7O13S3. The number of nitrogens with one attached hydrogen (secondary N) is 2. The summed E-state index contributed by atoms with van der Waals surface area (Å²) in [6, 6.07) is 21.9. The first-order valence-corrected chi connectivity index (χ1v) is 21.4. The van der Waals surface area contributed by atoms with Crippen LogP contribution < -0.4 is 21.1 Å². The molecule has 7 rings (SSSR count). The zero-order valence-corrected chi connectivity index (χ0v) is 33.4. The van der Waals surface area contributed by atoms with E-state index < -0.39 is 73.9 Å². The number of nitrogens with zero attached hydrogens (tertiary/aromatic N) is 4. The number of anilines is 3.